The van der Waals surface area contributed by atoms with E-state index in [-0.39, 0.29) is 18.3 Å². The molecule has 0 saturated carbocycles. The standard InChI is InChI=1S/C14H17N3O2S.ClH/c1-8(15)13(18)17-14-16-12(9(2)20-14)10-4-6-11(19-3)7-5-10;/h4-8H,15H2,1-3H3,(H,16,17,18);1H. The number of ether oxygens (including phenoxy) is 1. The molecule has 1 heterocycles. The third-order valence-corrected chi connectivity index (χ3v) is 3.69. The fourth-order valence-electron chi connectivity index (χ4n) is 1.69. The predicted octanol–water partition coefficient (Wildman–Crippen LogP) is 2.83. The van der Waals surface area contributed by atoms with Gasteiger partial charge in [-0.2, -0.15) is 0 Å². The number of aromatic nitrogens is 1. The van der Waals surface area contributed by atoms with Gasteiger partial charge in [-0.3, -0.25) is 4.79 Å². The van der Waals surface area contributed by atoms with Crippen LogP contribution in [0.5, 0.6) is 5.75 Å². The van der Waals surface area contributed by atoms with Crippen molar-refractivity contribution in [2.24, 2.45) is 5.73 Å². The number of nitrogens with one attached hydrogen (secondary N) is 1. The zero-order chi connectivity index (χ0) is 14.7. The Bertz CT molecular complexity index is 611. The maximum atomic E-state index is 11.6. The number of aryl methyl sites for hydroxylation is 1. The second-order valence-electron chi connectivity index (χ2n) is 4.43. The van der Waals surface area contributed by atoms with Crippen LogP contribution in [0.25, 0.3) is 11.3 Å². The van der Waals surface area contributed by atoms with E-state index < -0.39 is 6.04 Å². The summed E-state index contributed by atoms with van der Waals surface area (Å²) in [6, 6.07) is 7.10. The summed E-state index contributed by atoms with van der Waals surface area (Å²) in [7, 11) is 1.63. The van der Waals surface area contributed by atoms with Crippen molar-refractivity contribution >= 4 is 34.8 Å². The van der Waals surface area contributed by atoms with Crippen LogP contribution in [0.2, 0.25) is 0 Å². The zero-order valence-corrected chi connectivity index (χ0v) is 13.7. The monoisotopic (exact) mass is 327 g/mol. The summed E-state index contributed by atoms with van der Waals surface area (Å²) < 4.78 is 5.13. The first-order valence-corrected chi connectivity index (χ1v) is 7.01. The molecule has 1 unspecified atom stereocenters. The molecule has 0 bridgehead atoms. The minimum atomic E-state index is -0.552. The number of halogens is 1. The van der Waals surface area contributed by atoms with Gasteiger partial charge in [0.05, 0.1) is 18.8 Å². The Morgan fingerprint density at radius 2 is 2.00 bits per heavy atom. The molecule has 0 aliphatic carbocycles. The Morgan fingerprint density at radius 3 is 2.52 bits per heavy atom. The van der Waals surface area contributed by atoms with Gasteiger partial charge in [-0.15, -0.1) is 23.7 Å². The van der Waals surface area contributed by atoms with Gasteiger partial charge < -0.3 is 15.8 Å². The number of anilines is 1. The predicted molar refractivity (Wildman–Crippen MR) is 88.4 cm³/mol. The molecule has 1 aromatic carbocycles. The van der Waals surface area contributed by atoms with Gasteiger partial charge in [-0.1, -0.05) is 0 Å². The second-order valence-corrected chi connectivity index (χ2v) is 5.63. The van der Waals surface area contributed by atoms with Crippen molar-refractivity contribution in [3.8, 4) is 17.0 Å². The molecule has 1 atom stereocenters. The molecule has 2 aromatic rings. The quantitative estimate of drug-likeness (QED) is 0.905. The third kappa shape index (κ3) is 4.17. The Morgan fingerprint density at radius 1 is 1.38 bits per heavy atom. The molecule has 0 aliphatic heterocycles. The van der Waals surface area contributed by atoms with Crippen molar-refractivity contribution in [3.05, 3.63) is 29.1 Å². The van der Waals surface area contributed by atoms with Crippen molar-refractivity contribution in [3.63, 3.8) is 0 Å². The van der Waals surface area contributed by atoms with E-state index in [1.807, 2.05) is 31.2 Å². The molecule has 1 amide bonds. The summed E-state index contributed by atoms with van der Waals surface area (Å²) in [6.45, 7) is 3.61. The van der Waals surface area contributed by atoms with Crippen LogP contribution in [-0.4, -0.2) is 24.0 Å². The number of carbonyl (C=O) groups is 1. The zero-order valence-electron chi connectivity index (χ0n) is 12.0. The Hall–Kier alpha value is -1.63. The van der Waals surface area contributed by atoms with Gasteiger partial charge in [-0.05, 0) is 38.1 Å². The first kappa shape index (κ1) is 17.4. The van der Waals surface area contributed by atoms with Crippen LogP contribution in [0, 0.1) is 6.92 Å². The maximum Gasteiger partial charge on any atom is 0.242 e. The lowest BCUT2D eigenvalue weighted by molar-refractivity contribution is -0.117. The minimum Gasteiger partial charge on any atom is -0.497 e. The van der Waals surface area contributed by atoms with Gasteiger partial charge in [0.15, 0.2) is 5.13 Å². The fraction of sp³-hybridized carbons (Fsp3) is 0.286. The highest BCUT2D eigenvalue weighted by atomic mass is 35.5. The molecule has 0 spiro atoms. The molecule has 5 nitrogen and oxygen atoms in total. The summed E-state index contributed by atoms with van der Waals surface area (Å²) in [4.78, 5) is 17.1. The van der Waals surface area contributed by atoms with Gasteiger partial charge in [0.25, 0.3) is 0 Å². The molecular formula is C14H18ClN3O2S. The second kappa shape index (κ2) is 7.40. The SMILES string of the molecule is COc1ccc(-c2nc(NC(=O)C(C)N)sc2C)cc1.Cl. The molecule has 2 rings (SSSR count). The van der Waals surface area contributed by atoms with E-state index in [1.165, 1.54) is 11.3 Å². The van der Waals surface area contributed by atoms with E-state index in [9.17, 15) is 4.79 Å². The molecular weight excluding hydrogens is 310 g/mol. The average molecular weight is 328 g/mol. The van der Waals surface area contributed by atoms with Crippen LogP contribution < -0.4 is 15.8 Å². The van der Waals surface area contributed by atoms with Gasteiger partial charge >= 0.3 is 0 Å². The first-order chi connectivity index (χ1) is 9.51. The van der Waals surface area contributed by atoms with Crippen molar-refractivity contribution in [2.75, 3.05) is 12.4 Å². The molecule has 0 aliphatic rings. The molecule has 0 saturated heterocycles. The third-order valence-electron chi connectivity index (χ3n) is 2.80. The highest BCUT2D eigenvalue weighted by Crippen LogP contribution is 2.31. The van der Waals surface area contributed by atoms with E-state index in [0.29, 0.717) is 5.13 Å². The fourth-order valence-corrected chi connectivity index (χ4v) is 2.52. The number of amides is 1. The van der Waals surface area contributed by atoms with Crippen LogP contribution in [0.3, 0.4) is 0 Å². The van der Waals surface area contributed by atoms with E-state index in [1.54, 1.807) is 14.0 Å². The van der Waals surface area contributed by atoms with Crippen LogP contribution in [-0.2, 0) is 4.79 Å². The van der Waals surface area contributed by atoms with Crippen LogP contribution >= 0.6 is 23.7 Å². The molecule has 1 aromatic heterocycles. The van der Waals surface area contributed by atoms with E-state index in [4.69, 9.17) is 10.5 Å². The highest BCUT2D eigenvalue weighted by molar-refractivity contribution is 7.16. The summed E-state index contributed by atoms with van der Waals surface area (Å²) in [5.74, 6) is 0.562. The van der Waals surface area contributed by atoms with Gasteiger partial charge in [0, 0.05) is 10.4 Å². The number of benzene rings is 1. The molecule has 21 heavy (non-hydrogen) atoms. The van der Waals surface area contributed by atoms with Gasteiger partial charge in [0.2, 0.25) is 5.91 Å². The molecule has 114 valence electrons. The number of nitrogens with zero attached hydrogens (tertiary/aromatic N) is 1. The number of thiazole rings is 1. The summed E-state index contributed by atoms with van der Waals surface area (Å²) >= 11 is 1.44. The lowest BCUT2D eigenvalue weighted by Gasteiger charge is -2.03. The number of carbonyl (C=O) groups excluding carboxylic acids is 1. The molecule has 0 fully saturated rings. The van der Waals surface area contributed by atoms with Crippen LogP contribution in [0.4, 0.5) is 5.13 Å². The van der Waals surface area contributed by atoms with Crippen molar-refractivity contribution < 1.29 is 9.53 Å². The normalized spacial score (nSPS) is 11.4. The lowest BCUT2D eigenvalue weighted by atomic mass is 10.1. The van der Waals surface area contributed by atoms with Crippen LogP contribution in [0.1, 0.15) is 11.8 Å². The van der Waals surface area contributed by atoms with E-state index in [2.05, 4.69) is 10.3 Å². The summed E-state index contributed by atoms with van der Waals surface area (Å²) in [6.07, 6.45) is 0. The van der Waals surface area contributed by atoms with E-state index >= 15 is 0 Å². The van der Waals surface area contributed by atoms with Crippen LogP contribution in [0.15, 0.2) is 24.3 Å². The van der Waals surface area contributed by atoms with Crippen molar-refractivity contribution in [1.82, 2.24) is 4.98 Å². The summed E-state index contributed by atoms with van der Waals surface area (Å²) in [5.41, 5.74) is 7.37. The molecule has 7 heteroatoms. The number of methoxy groups -OCH3 is 1. The largest absolute Gasteiger partial charge is 0.497 e. The molecule has 3 N–H and O–H groups in total. The highest BCUT2D eigenvalue weighted by Gasteiger charge is 2.14. The van der Waals surface area contributed by atoms with E-state index in [0.717, 1.165) is 21.9 Å². The minimum absolute atomic E-state index is 0. The average Bonchev–Trinajstić information content (AvgIpc) is 2.79. The number of rotatable bonds is 4. The van der Waals surface area contributed by atoms with Gasteiger partial charge in [-0.25, -0.2) is 4.98 Å². The Kier molecular flexibility index (Phi) is 6.14. The topological polar surface area (TPSA) is 77.2 Å². The number of nitrogens with two attached hydrogens (primary N) is 1. The van der Waals surface area contributed by atoms with Crippen molar-refractivity contribution in [2.45, 2.75) is 19.9 Å². The van der Waals surface area contributed by atoms with Crippen molar-refractivity contribution in [1.29, 1.82) is 0 Å². The number of hydrogen-bond donors (Lipinski definition) is 2. The molecule has 0 radical (unpaired) electrons. The Labute approximate surface area is 133 Å². The Balaban J connectivity index is 0.00000220. The maximum absolute atomic E-state index is 11.6. The summed E-state index contributed by atoms with van der Waals surface area (Å²) in [5, 5.41) is 3.28. The number of hydrogen-bond acceptors (Lipinski definition) is 5. The first-order valence-electron chi connectivity index (χ1n) is 6.19. The lowest BCUT2D eigenvalue weighted by Crippen LogP contribution is -2.32. The smallest absolute Gasteiger partial charge is 0.242 e. The van der Waals surface area contributed by atoms with Gasteiger partial charge in [0.1, 0.15) is 5.75 Å².